The highest BCUT2D eigenvalue weighted by Gasteiger charge is 2.43. The summed E-state index contributed by atoms with van der Waals surface area (Å²) in [6, 6.07) is 14.4. The first-order chi connectivity index (χ1) is 19.9. The Bertz CT molecular complexity index is 1610. The van der Waals surface area contributed by atoms with E-state index in [1.807, 2.05) is 18.2 Å². The second-order valence-corrected chi connectivity index (χ2v) is 12.4. The van der Waals surface area contributed by atoms with Crippen molar-refractivity contribution < 1.29 is 24.0 Å². The predicted octanol–water partition coefficient (Wildman–Crippen LogP) is 5.67. The number of piperidine rings is 1. The Morgan fingerprint density at radius 1 is 1.12 bits per heavy atom. The molecule has 2 aliphatic heterocycles. The van der Waals surface area contributed by atoms with E-state index in [4.69, 9.17) is 19.4 Å². The van der Waals surface area contributed by atoms with E-state index in [1.54, 1.807) is 23.5 Å². The number of amides is 1. The van der Waals surface area contributed by atoms with Gasteiger partial charge in [-0.1, -0.05) is 40.8 Å². The van der Waals surface area contributed by atoms with E-state index in [-0.39, 0.29) is 6.10 Å². The number of aliphatic carboxylic acids is 1. The Labute approximate surface area is 241 Å². The third kappa shape index (κ3) is 5.10. The molecule has 1 saturated carbocycles. The number of aryl methyl sites for hydroxylation is 1. The van der Waals surface area contributed by atoms with Gasteiger partial charge < -0.3 is 24.6 Å². The lowest BCUT2D eigenvalue weighted by Crippen LogP contribution is -2.45. The molecule has 3 atom stereocenters. The van der Waals surface area contributed by atoms with Gasteiger partial charge in [0.25, 0.3) is 5.91 Å². The molecule has 9 nitrogen and oxygen atoms in total. The van der Waals surface area contributed by atoms with Crippen molar-refractivity contribution in [2.75, 3.05) is 11.4 Å². The van der Waals surface area contributed by atoms with Crippen LogP contribution in [0.1, 0.15) is 71.7 Å². The van der Waals surface area contributed by atoms with Crippen molar-refractivity contribution >= 4 is 38.6 Å². The molecular weight excluding hydrogens is 540 g/mol. The minimum absolute atomic E-state index is 0.161. The van der Waals surface area contributed by atoms with Crippen LogP contribution in [0.25, 0.3) is 21.5 Å². The van der Waals surface area contributed by atoms with Gasteiger partial charge in [0.05, 0.1) is 22.9 Å². The normalized spacial score (nSPS) is 21.9. The quantitative estimate of drug-likeness (QED) is 0.264. The number of anilines is 1. The summed E-state index contributed by atoms with van der Waals surface area (Å²) in [6.45, 7) is 2.21. The van der Waals surface area contributed by atoms with Crippen molar-refractivity contribution in [2.45, 2.75) is 76.2 Å². The Hall–Kier alpha value is -3.76. The number of carboxylic acid groups (broad SMARTS) is 1. The standard InChI is InChI=1S/C31H32N4O5S/c1-17-4-2-3-5-23(17)28-24(29(40-34-28)18-6-7-18)16-39-22-13-20-9-10-21(14-22)35(20)31-33-25-11-8-19(12-26(25)41-31)30(38)32-15-27(36)37/h2-5,8,11-12,18,20-22H,6-7,9-10,13-16H2,1H3,(H,32,38)(H,36,37)/t20-,21?,22-/m0/s1. The van der Waals surface area contributed by atoms with Crippen LogP contribution in [-0.4, -0.2) is 51.9 Å². The number of carboxylic acids is 1. The average molecular weight is 573 g/mol. The topological polar surface area (TPSA) is 118 Å². The number of nitrogens with zero attached hydrogens (tertiary/aromatic N) is 3. The number of benzene rings is 2. The highest BCUT2D eigenvalue weighted by Crippen LogP contribution is 2.46. The van der Waals surface area contributed by atoms with Crippen LogP contribution in [0.3, 0.4) is 0 Å². The maximum atomic E-state index is 12.4. The molecule has 0 spiro atoms. The van der Waals surface area contributed by atoms with E-state index in [1.165, 1.54) is 5.56 Å². The van der Waals surface area contributed by atoms with Crippen molar-refractivity contribution in [3.05, 3.63) is 64.9 Å². The van der Waals surface area contributed by atoms with E-state index in [2.05, 4.69) is 34.4 Å². The molecule has 7 rings (SSSR count). The van der Waals surface area contributed by atoms with Crippen LogP contribution in [0.2, 0.25) is 0 Å². The maximum Gasteiger partial charge on any atom is 0.322 e. The van der Waals surface area contributed by atoms with Gasteiger partial charge >= 0.3 is 5.97 Å². The fourth-order valence-corrected chi connectivity index (χ4v) is 7.53. The van der Waals surface area contributed by atoms with Crippen LogP contribution >= 0.6 is 11.3 Å². The summed E-state index contributed by atoms with van der Waals surface area (Å²) in [5, 5.41) is 16.7. The number of carbonyl (C=O) groups is 2. The summed E-state index contributed by atoms with van der Waals surface area (Å²) >= 11 is 1.59. The minimum atomic E-state index is -1.07. The lowest BCUT2D eigenvalue weighted by atomic mass is 9.99. The molecule has 2 aromatic carbocycles. The number of nitrogens with one attached hydrogen (secondary N) is 1. The monoisotopic (exact) mass is 572 g/mol. The summed E-state index contributed by atoms with van der Waals surface area (Å²) < 4.78 is 13.4. The van der Waals surface area contributed by atoms with Crippen molar-refractivity contribution in [2.24, 2.45) is 0 Å². The van der Waals surface area contributed by atoms with E-state index in [0.29, 0.717) is 30.2 Å². The molecule has 2 N–H and O–H groups in total. The van der Waals surface area contributed by atoms with E-state index in [9.17, 15) is 9.59 Å². The summed E-state index contributed by atoms with van der Waals surface area (Å²) in [7, 11) is 0. The third-order valence-electron chi connectivity index (χ3n) is 8.58. The summed E-state index contributed by atoms with van der Waals surface area (Å²) in [5.74, 6) is -0.0155. The van der Waals surface area contributed by atoms with E-state index < -0.39 is 18.4 Å². The Morgan fingerprint density at radius 2 is 1.90 bits per heavy atom. The third-order valence-corrected chi connectivity index (χ3v) is 9.61. The van der Waals surface area contributed by atoms with Gasteiger partial charge in [-0.3, -0.25) is 9.59 Å². The molecule has 212 valence electrons. The number of fused-ring (bicyclic) bond motifs is 3. The fraction of sp³-hybridized carbons (Fsp3) is 0.419. The average Bonchev–Trinajstić information content (AvgIpc) is 3.49. The molecule has 2 aromatic heterocycles. The molecule has 1 unspecified atom stereocenters. The highest BCUT2D eigenvalue weighted by molar-refractivity contribution is 7.22. The summed E-state index contributed by atoms with van der Waals surface area (Å²) in [6.07, 6.45) is 6.56. The molecule has 3 aliphatic rings. The van der Waals surface area contributed by atoms with Crippen LogP contribution < -0.4 is 10.2 Å². The van der Waals surface area contributed by atoms with Gasteiger partial charge in [0.1, 0.15) is 18.0 Å². The number of hydrogen-bond donors (Lipinski definition) is 2. The second kappa shape index (κ2) is 10.6. The van der Waals surface area contributed by atoms with Gasteiger partial charge in [0, 0.05) is 34.7 Å². The Kier molecular flexibility index (Phi) is 6.75. The summed E-state index contributed by atoms with van der Waals surface area (Å²) in [5.41, 5.74) is 5.59. The summed E-state index contributed by atoms with van der Waals surface area (Å²) in [4.78, 5) is 30.5. The van der Waals surface area contributed by atoms with Gasteiger partial charge in [-0.25, -0.2) is 4.98 Å². The zero-order chi connectivity index (χ0) is 28.1. The Morgan fingerprint density at radius 3 is 2.63 bits per heavy atom. The van der Waals surface area contributed by atoms with Crippen molar-refractivity contribution in [3.63, 3.8) is 0 Å². The molecule has 2 saturated heterocycles. The zero-order valence-corrected chi connectivity index (χ0v) is 23.7. The van der Waals surface area contributed by atoms with Gasteiger partial charge in [0.2, 0.25) is 0 Å². The van der Waals surface area contributed by atoms with Gasteiger partial charge in [-0.15, -0.1) is 0 Å². The largest absolute Gasteiger partial charge is 0.480 e. The first-order valence-corrected chi connectivity index (χ1v) is 15.1. The molecule has 41 heavy (non-hydrogen) atoms. The zero-order valence-electron chi connectivity index (χ0n) is 22.8. The molecule has 3 fully saturated rings. The fourth-order valence-electron chi connectivity index (χ4n) is 6.38. The van der Waals surface area contributed by atoms with Crippen LogP contribution in [0, 0.1) is 6.92 Å². The van der Waals surface area contributed by atoms with Crippen LogP contribution in [-0.2, 0) is 16.1 Å². The molecule has 4 heterocycles. The van der Waals surface area contributed by atoms with E-state index >= 15 is 0 Å². The Balaban J connectivity index is 1.05. The first-order valence-electron chi connectivity index (χ1n) is 14.3. The van der Waals surface area contributed by atoms with Gasteiger partial charge in [-0.05, 0) is 69.2 Å². The van der Waals surface area contributed by atoms with Gasteiger partial charge in [-0.2, -0.15) is 0 Å². The van der Waals surface area contributed by atoms with Crippen molar-refractivity contribution in [1.29, 1.82) is 0 Å². The highest BCUT2D eigenvalue weighted by atomic mass is 32.1. The minimum Gasteiger partial charge on any atom is -0.480 e. The maximum absolute atomic E-state index is 12.4. The predicted molar refractivity (Wildman–Crippen MR) is 155 cm³/mol. The number of aromatic nitrogens is 2. The number of ether oxygens (including phenoxy) is 1. The second-order valence-electron chi connectivity index (χ2n) is 11.4. The lowest BCUT2D eigenvalue weighted by molar-refractivity contribution is -0.135. The molecule has 1 aliphatic carbocycles. The van der Waals surface area contributed by atoms with Crippen LogP contribution in [0.5, 0.6) is 0 Å². The first kappa shape index (κ1) is 26.2. The van der Waals surface area contributed by atoms with Crippen molar-refractivity contribution in [3.8, 4) is 11.3 Å². The molecule has 0 radical (unpaired) electrons. The van der Waals surface area contributed by atoms with Crippen molar-refractivity contribution in [1.82, 2.24) is 15.5 Å². The molecular formula is C31H32N4O5S. The number of rotatable bonds is 9. The van der Waals surface area contributed by atoms with Gasteiger partial charge in [0.15, 0.2) is 5.13 Å². The smallest absolute Gasteiger partial charge is 0.322 e. The van der Waals surface area contributed by atoms with Crippen LogP contribution in [0.4, 0.5) is 5.13 Å². The molecule has 2 bridgehead atoms. The molecule has 1 amide bonds. The van der Waals surface area contributed by atoms with Crippen LogP contribution in [0.15, 0.2) is 47.0 Å². The SMILES string of the molecule is Cc1ccccc1-c1noc(C2CC2)c1CO[C@@H]1CC2CC[C@@H](C1)N2c1nc2ccc(C(=O)NCC(=O)O)cc2s1. The molecule has 4 aromatic rings. The number of hydrogen-bond acceptors (Lipinski definition) is 8. The number of thiazole rings is 1. The number of carbonyl (C=O) groups excluding carboxylic acids is 1. The lowest BCUT2D eigenvalue weighted by Gasteiger charge is -2.38. The molecule has 10 heteroatoms. The van der Waals surface area contributed by atoms with E-state index in [0.717, 1.165) is 76.5 Å².